The summed E-state index contributed by atoms with van der Waals surface area (Å²) in [7, 11) is 0. The second-order valence-electron chi connectivity index (χ2n) is 5.54. The molecule has 5 heteroatoms. The van der Waals surface area contributed by atoms with Crippen LogP contribution in [0.3, 0.4) is 0 Å². The number of aryl methyl sites for hydroxylation is 1. The summed E-state index contributed by atoms with van der Waals surface area (Å²) in [5.74, 6) is 1.40. The molecule has 5 nitrogen and oxygen atoms in total. The van der Waals surface area contributed by atoms with Gasteiger partial charge in [-0.05, 0) is 38.0 Å². The van der Waals surface area contributed by atoms with Crippen molar-refractivity contribution in [2.75, 3.05) is 13.2 Å². The Morgan fingerprint density at radius 3 is 2.89 bits per heavy atom. The third-order valence-electron chi connectivity index (χ3n) is 4.46. The third-order valence-corrected chi connectivity index (χ3v) is 4.46. The van der Waals surface area contributed by atoms with Gasteiger partial charge in [0.15, 0.2) is 5.82 Å². The first-order valence-corrected chi connectivity index (χ1v) is 6.89. The van der Waals surface area contributed by atoms with Crippen LogP contribution >= 0.6 is 0 Å². The molecule has 2 heterocycles. The average molecular weight is 251 g/mol. The monoisotopic (exact) mass is 251 g/mol. The first-order valence-electron chi connectivity index (χ1n) is 6.89. The van der Waals surface area contributed by atoms with Gasteiger partial charge in [0.25, 0.3) is 0 Å². The molecule has 1 aliphatic heterocycles. The minimum Gasteiger partial charge on any atom is -0.381 e. The van der Waals surface area contributed by atoms with E-state index in [4.69, 9.17) is 9.26 Å². The Hall–Kier alpha value is -0.940. The van der Waals surface area contributed by atoms with E-state index in [0.717, 1.165) is 13.2 Å². The Morgan fingerprint density at radius 1 is 1.33 bits per heavy atom. The van der Waals surface area contributed by atoms with Crippen LogP contribution in [0, 0.1) is 12.3 Å². The fraction of sp³-hybridized carbons (Fsp3) is 0.846. The molecule has 1 saturated carbocycles. The van der Waals surface area contributed by atoms with Gasteiger partial charge in [-0.2, -0.15) is 4.98 Å². The lowest BCUT2D eigenvalue weighted by atomic mass is 9.75. The third kappa shape index (κ3) is 2.29. The summed E-state index contributed by atoms with van der Waals surface area (Å²) in [4.78, 5) is 4.24. The van der Waals surface area contributed by atoms with Crippen LogP contribution in [0.2, 0.25) is 0 Å². The van der Waals surface area contributed by atoms with Gasteiger partial charge >= 0.3 is 0 Å². The van der Waals surface area contributed by atoms with Gasteiger partial charge in [-0.15, -0.1) is 0 Å². The number of hydrogen-bond donors (Lipinski definition) is 1. The van der Waals surface area contributed by atoms with Crippen LogP contribution in [0.1, 0.15) is 43.8 Å². The molecule has 0 radical (unpaired) electrons. The van der Waals surface area contributed by atoms with Crippen molar-refractivity contribution in [3.8, 4) is 0 Å². The van der Waals surface area contributed by atoms with Gasteiger partial charge in [0.05, 0.1) is 6.54 Å². The lowest BCUT2D eigenvalue weighted by Gasteiger charge is -2.39. The van der Waals surface area contributed by atoms with Crippen molar-refractivity contribution in [1.82, 2.24) is 15.5 Å². The molecular formula is C13H21N3O2. The van der Waals surface area contributed by atoms with Gasteiger partial charge in [0, 0.05) is 19.3 Å². The Labute approximate surface area is 107 Å². The minimum absolute atomic E-state index is 0.452. The smallest absolute Gasteiger partial charge is 0.240 e. The minimum atomic E-state index is 0.452. The highest BCUT2D eigenvalue weighted by atomic mass is 16.5. The maximum absolute atomic E-state index is 5.50. The number of aromatic nitrogens is 2. The van der Waals surface area contributed by atoms with E-state index in [1.165, 1.54) is 32.1 Å². The summed E-state index contributed by atoms with van der Waals surface area (Å²) >= 11 is 0. The van der Waals surface area contributed by atoms with Crippen LogP contribution in [0.5, 0.6) is 0 Å². The molecule has 1 atom stereocenters. The van der Waals surface area contributed by atoms with Gasteiger partial charge in [-0.25, -0.2) is 0 Å². The average Bonchev–Trinajstić information content (AvgIpc) is 2.95. The molecule has 0 bridgehead atoms. The molecule has 3 rings (SSSR count). The second-order valence-corrected chi connectivity index (χ2v) is 5.54. The van der Waals surface area contributed by atoms with Crippen molar-refractivity contribution >= 4 is 0 Å². The highest BCUT2D eigenvalue weighted by Gasteiger charge is 2.43. The van der Waals surface area contributed by atoms with Crippen LogP contribution in [-0.4, -0.2) is 29.4 Å². The molecule has 1 aromatic heterocycles. The van der Waals surface area contributed by atoms with Crippen LogP contribution < -0.4 is 5.32 Å². The summed E-state index contributed by atoms with van der Waals surface area (Å²) in [6.07, 6.45) is 6.28. The quantitative estimate of drug-likeness (QED) is 0.888. The second kappa shape index (κ2) is 4.97. The summed E-state index contributed by atoms with van der Waals surface area (Å²) in [6.45, 7) is 4.37. The van der Waals surface area contributed by atoms with Crippen LogP contribution in [0.4, 0.5) is 0 Å². The SMILES string of the molecule is Cc1noc(CNC2CCCC23CCOCC3)n1. The molecule has 1 spiro atoms. The number of nitrogens with one attached hydrogen (secondary N) is 1. The first-order chi connectivity index (χ1) is 8.78. The molecule has 1 N–H and O–H groups in total. The number of hydrogen-bond acceptors (Lipinski definition) is 5. The number of ether oxygens (including phenoxy) is 1. The molecule has 1 aromatic rings. The zero-order chi connectivity index (χ0) is 12.4. The van der Waals surface area contributed by atoms with Crippen LogP contribution in [0.25, 0.3) is 0 Å². The Balaban J connectivity index is 1.61. The highest BCUT2D eigenvalue weighted by Crippen LogP contribution is 2.45. The Morgan fingerprint density at radius 2 is 2.17 bits per heavy atom. The van der Waals surface area contributed by atoms with E-state index < -0.39 is 0 Å². The summed E-state index contributed by atoms with van der Waals surface area (Å²) < 4.78 is 10.7. The molecule has 0 amide bonds. The topological polar surface area (TPSA) is 60.2 Å². The van der Waals surface area contributed by atoms with E-state index in [9.17, 15) is 0 Å². The van der Waals surface area contributed by atoms with Crippen LogP contribution in [0.15, 0.2) is 4.52 Å². The maximum Gasteiger partial charge on any atom is 0.240 e. The van der Waals surface area contributed by atoms with E-state index >= 15 is 0 Å². The Bertz CT molecular complexity index is 399. The molecule has 2 aliphatic rings. The molecule has 100 valence electrons. The number of rotatable bonds is 3. The van der Waals surface area contributed by atoms with Crippen LogP contribution in [-0.2, 0) is 11.3 Å². The number of nitrogens with zero attached hydrogens (tertiary/aromatic N) is 2. The molecule has 1 unspecified atom stereocenters. The zero-order valence-electron chi connectivity index (χ0n) is 10.9. The molecule has 1 saturated heterocycles. The van der Waals surface area contributed by atoms with E-state index in [0.29, 0.717) is 29.7 Å². The largest absolute Gasteiger partial charge is 0.381 e. The fourth-order valence-corrected chi connectivity index (χ4v) is 3.46. The van der Waals surface area contributed by atoms with Crippen molar-refractivity contribution in [2.45, 2.75) is 51.6 Å². The van der Waals surface area contributed by atoms with Gasteiger partial charge in [-0.1, -0.05) is 11.6 Å². The Kier molecular flexibility index (Phi) is 3.35. The van der Waals surface area contributed by atoms with Crippen molar-refractivity contribution in [3.05, 3.63) is 11.7 Å². The molecular weight excluding hydrogens is 230 g/mol. The predicted octanol–water partition coefficient (Wildman–Crippen LogP) is 1.82. The van der Waals surface area contributed by atoms with Crippen molar-refractivity contribution < 1.29 is 9.26 Å². The van der Waals surface area contributed by atoms with E-state index in [-0.39, 0.29) is 0 Å². The summed E-state index contributed by atoms with van der Waals surface area (Å²) in [5.41, 5.74) is 0.452. The predicted molar refractivity (Wildman–Crippen MR) is 66.0 cm³/mol. The van der Waals surface area contributed by atoms with Crippen molar-refractivity contribution in [3.63, 3.8) is 0 Å². The first kappa shape index (κ1) is 12.1. The zero-order valence-corrected chi connectivity index (χ0v) is 10.9. The molecule has 1 aliphatic carbocycles. The van der Waals surface area contributed by atoms with Gasteiger partial charge < -0.3 is 14.6 Å². The lowest BCUT2D eigenvalue weighted by molar-refractivity contribution is 0.00377. The summed E-state index contributed by atoms with van der Waals surface area (Å²) in [5, 5.41) is 7.44. The molecule has 2 fully saturated rings. The summed E-state index contributed by atoms with van der Waals surface area (Å²) in [6, 6.07) is 0.577. The maximum atomic E-state index is 5.50. The van der Waals surface area contributed by atoms with Gasteiger partial charge in [0.1, 0.15) is 0 Å². The fourth-order valence-electron chi connectivity index (χ4n) is 3.46. The van der Waals surface area contributed by atoms with Gasteiger partial charge in [-0.3, -0.25) is 0 Å². The standard InChI is InChI=1S/C13H21N3O2/c1-10-15-12(18-16-10)9-14-11-3-2-4-13(11)5-7-17-8-6-13/h11,14H,2-9H2,1H3. The molecule has 0 aromatic carbocycles. The van der Waals surface area contributed by atoms with E-state index in [1.807, 2.05) is 6.92 Å². The molecule has 18 heavy (non-hydrogen) atoms. The van der Waals surface area contributed by atoms with Gasteiger partial charge in [0.2, 0.25) is 5.89 Å². The lowest BCUT2D eigenvalue weighted by Crippen LogP contribution is -2.44. The van der Waals surface area contributed by atoms with Crippen molar-refractivity contribution in [1.29, 1.82) is 0 Å². The van der Waals surface area contributed by atoms with Crippen molar-refractivity contribution in [2.24, 2.45) is 5.41 Å². The highest BCUT2D eigenvalue weighted by molar-refractivity contribution is 4.98. The van der Waals surface area contributed by atoms with E-state index in [1.54, 1.807) is 0 Å². The normalized spacial score (nSPS) is 26.8. The van der Waals surface area contributed by atoms with E-state index in [2.05, 4.69) is 15.5 Å².